The van der Waals surface area contributed by atoms with Gasteiger partial charge in [-0.15, -0.1) is 0 Å². The first-order valence-corrected chi connectivity index (χ1v) is 6.93. The third-order valence-corrected chi connectivity index (χ3v) is 2.50. The van der Waals surface area contributed by atoms with Gasteiger partial charge in [-0.3, -0.25) is 9.59 Å². The van der Waals surface area contributed by atoms with Gasteiger partial charge >= 0.3 is 11.9 Å². The summed E-state index contributed by atoms with van der Waals surface area (Å²) in [5.41, 5.74) is -0.827. The number of carbonyl (C=O) groups excluding carboxylic acids is 2. The Balaban J connectivity index is 3.71. The number of ether oxygens (including phenoxy) is 2. The Morgan fingerprint density at radius 3 is 1.95 bits per heavy atom. The molecule has 0 N–H and O–H groups in total. The maximum Gasteiger partial charge on any atom is 0.306 e. The molecule has 0 unspecified atom stereocenters. The zero-order valence-corrected chi connectivity index (χ0v) is 13.2. The molecular formula is C15H28O4. The van der Waals surface area contributed by atoms with Gasteiger partial charge in [0.1, 0.15) is 11.2 Å². The smallest absolute Gasteiger partial charge is 0.306 e. The van der Waals surface area contributed by atoms with Gasteiger partial charge in [0.2, 0.25) is 0 Å². The Morgan fingerprint density at radius 2 is 1.47 bits per heavy atom. The summed E-state index contributed by atoms with van der Waals surface area (Å²) in [7, 11) is 0. The van der Waals surface area contributed by atoms with Crippen LogP contribution in [0.2, 0.25) is 0 Å². The van der Waals surface area contributed by atoms with Crippen LogP contribution in [0.1, 0.15) is 73.6 Å². The van der Waals surface area contributed by atoms with Crippen LogP contribution in [0.15, 0.2) is 0 Å². The molecule has 0 aliphatic carbocycles. The lowest BCUT2D eigenvalue weighted by molar-refractivity contribution is -0.155. The molecule has 0 aromatic rings. The van der Waals surface area contributed by atoms with Crippen LogP contribution in [-0.2, 0) is 19.1 Å². The van der Waals surface area contributed by atoms with Crippen molar-refractivity contribution in [3.05, 3.63) is 0 Å². The highest BCUT2D eigenvalue weighted by molar-refractivity contribution is 5.69. The molecule has 0 aliphatic heterocycles. The summed E-state index contributed by atoms with van der Waals surface area (Å²) in [6, 6.07) is 0. The molecule has 0 atom stereocenters. The van der Waals surface area contributed by atoms with E-state index in [-0.39, 0.29) is 11.9 Å². The molecule has 0 heterocycles. The molecule has 0 spiro atoms. The second-order valence-corrected chi connectivity index (χ2v) is 6.50. The Morgan fingerprint density at radius 1 is 0.895 bits per heavy atom. The predicted molar refractivity (Wildman–Crippen MR) is 74.8 cm³/mol. The van der Waals surface area contributed by atoms with E-state index in [1.807, 2.05) is 34.6 Å². The van der Waals surface area contributed by atoms with Gasteiger partial charge in [-0.1, -0.05) is 6.42 Å². The number of hydrogen-bond acceptors (Lipinski definition) is 4. The monoisotopic (exact) mass is 272 g/mol. The molecule has 0 saturated carbocycles. The van der Waals surface area contributed by atoms with Gasteiger partial charge in [0.25, 0.3) is 0 Å². The van der Waals surface area contributed by atoms with Gasteiger partial charge in [-0.25, -0.2) is 0 Å². The van der Waals surface area contributed by atoms with E-state index in [2.05, 4.69) is 0 Å². The van der Waals surface area contributed by atoms with E-state index in [1.54, 1.807) is 0 Å². The summed E-state index contributed by atoms with van der Waals surface area (Å²) < 4.78 is 10.4. The average molecular weight is 272 g/mol. The van der Waals surface area contributed by atoms with Crippen LogP contribution in [0.3, 0.4) is 0 Å². The summed E-state index contributed by atoms with van der Waals surface area (Å²) in [5, 5.41) is 0. The molecule has 0 bridgehead atoms. The molecule has 0 amide bonds. The van der Waals surface area contributed by atoms with E-state index in [4.69, 9.17) is 9.47 Å². The molecule has 4 nitrogen and oxygen atoms in total. The summed E-state index contributed by atoms with van der Waals surface area (Å²) >= 11 is 0. The van der Waals surface area contributed by atoms with Crippen molar-refractivity contribution < 1.29 is 19.1 Å². The molecule has 0 aromatic carbocycles. The van der Waals surface area contributed by atoms with Gasteiger partial charge in [0, 0.05) is 13.3 Å². The number of carbonyl (C=O) groups is 2. The van der Waals surface area contributed by atoms with Crippen molar-refractivity contribution in [2.75, 3.05) is 0 Å². The first-order valence-electron chi connectivity index (χ1n) is 6.93. The molecule has 112 valence electrons. The topological polar surface area (TPSA) is 52.6 Å². The normalized spacial score (nSPS) is 12.1. The average Bonchev–Trinajstić information content (AvgIpc) is 2.11. The lowest BCUT2D eigenvalue weighted by Crippen LogP contribution is -2.26. The summed E-state index contributed by atoms with van der Waals surface area (Å²) in [6.45, 7) is 10.8. The molecular weight excluding hydrogens is 244 g/mol. The zero-order chi connectivity index (χ0) is 15.1. The third-order valence-electron chi connectivity index (χ3n) is 2.50. The zero-order valence-electron chi connectivity index (χ0n) is 13.2. The minimum Gasteiger partial charge on any atom is -0.460 e. The standard InChI is InChI=1S/C15H28O4/c1-12(16)18-15(5,6)11-9-7-8-10-13(17)19-14(2,3)4/h7-11H2,1-6H3. The number of rotatable bonds is 7. The fourth-order valence-electron chi connectivity index (χ4n) is 1.83. The van der Waals surface area contributed by atoms with Crippen molar-refractivity contribution in [3.8, 4) is 0 Å². The van der Waals surface area contributed by atoms with Crippen LogP contribution in [0.4, 0.5) is 0 Å². The van der Waals surface area contributed by atoms with Crippen molar-refractivity contribution in [2.45, 2.75) is 84.8 Å². The molecule has 0 aromatic heterocycles. The van der Waals surface area contributed by atoms with Gasteiger partial charge in [-0.05, 0) is 53.9 Å². The van der Waals surface area contributed by atoms with Crippen LogP contribution in [0.5, 0.6) is 0 Å². The van der Waals surface area contributed by atoms with E-state index < -0.39 is 11.2 Å². The van der Waals surface area contributed by atoms with Crippen molar-refractivity contribution in [1.29, 1.82) is 0 Å². The van der Waals surface area contributed by atoms with Crippen LogP contribution >= 0.6 is 0 Å². The van der Waals surface area contributed by atoms with Crippen LogP contribution in [0, 0.1) is 0 Å². The minimum atomic E-state index is -0.419. The lowest BCUT2D eigenvalue weighted by atomic mass is 10.00. The Labute approximate surface area is 116 Å². The molecule has 4 heteroatoms. The van der Waals surface area contributed by atoms with E-state index in [1.165, 1.54) is 6.92 Å². The van der Waals surface area contributed by atoms with E-state index in [0.29, 0.717) is 6.42 Å². The van der Waals surface area contributed by atoms with Crippen LogP contribution < -0.4 is 0 Å². The van der Waals surface area contributed by atoms with E-state index in [9.17, 15) is 9.59 Å². The Kier molecular flexibility index (Phi) is 7.09. The number of hydrogen-bond donors (Lipinski definition) is 0. The third kappa shape index (κ3) is 11.7. The summed E-state index contributed by atoms with van der Waals surface area (Å²) in [4.78, 5) is 22.4. The first kappa shape index (κ1) is 17.9. The number of esters is 2. The molecule has 0 radical (unpaired) electrons. The summed E-state index contributed by atoms with van der Waals surface area (Å²) in [6.07, 6.45) is 3.93. The van der Waals surface area contributed by atoms with Crippen LogP contribution in [0.25, 0.3) is 0 Å². The van der Waals surface area contributed by atoms with Gasteiger partial charge in [0.15, 0.2) is 0 Å². The highest BCUT2D eigenvalue weighted by Crippen LogP contribution is 2.19. The SMILES string of the molecule is CC(=O)OC(C)(C)CCCCCC(=O)OC(C)(C)C. The lowest BCUT2D eigenvalue weighted by Gasteiger charge is -2.24. The molecule has 0 saturated heterocycles. The van der Waals surface area contributed by atoms with Crippen LogP contribution in [-0.4, -0.2) is 23.1 Å². The maximum absolute atomic E-state index is 11.5. The molecule has 19 heavy (non-hydrogen) atoms. The maximum atomic E-state index is 11.5. The van der Waals surface area contributed by atoms with E-state index >= 15 is 0 Å². The largest absolute Gasteiger partial charge is 0.460 e. The first-order chi connectivity index (χ1) is 8.52. The Bertz CT molecular complexity index is 300. The molecule has 0 fully saturated rings. The quantitative estimate of drug-likeness (QED) is 0.524. The summed E-state index contributed by atoms with van der Waals surface area (Å²) in [5.74, 6) is -0.398. The van der Waals surface area contributed by atoms with E-state index in [0.717, 1.165) is 25.7 Å². The Hall–Kier alpha value is -1.06. The highest BCUT2D eigenvalue weighted by Gasteiger charge is 2.20. The highest BCUT2D eigenvalue weighted by atomic mass is 16.6. The van der Waals surface area contributed by atoms with Crippen molar-refractivity contribution in [1.82, 2.24) is 0 Å². The number of unbranched alkanes of at least 4 members (excludes halogenated alkanes) is 2. The second kappa shape index (κ2) is 7.51. The van der Waals surface area contributed by atoms with Gasteiger partial charge in [-0.2, -0.15) is 0 Å². The van der Waals surface area contributed by atoms with Crippen molar-refractivity contribution in [3.63, 3.8) is 0 Å². The molecule has 0 rings (SSSR count). The van der Waals surface area contributed by atoms with Crippen molar-refractivity contribution in [2.24, 2.45) is 0 Å². The second-order valence-electron chi connectivity index (χ2n) is 6.50. The van der Waals surface area contributed by atoms with Gasteiger partial charge < -0.3 is 9.47 Å². The van der Waals surface area contributed by atoms with Crippen molar-refractivity contribution >= 4 is 11.9 Å². The fraction of sp³-hybridized carbons (Fsp3) is 0.867. The minimum absolute atomic E-state index is 0.147. The predicted octanol–water partition coefficient (Wildman–Crippen LogP) is 3.62. The molecule has 0 aliphatic rings. The van der Waals surface area contributed by atoms with Gasteiger partial charge in [0.05, 0.1) is 0 Å². The fourth-order valence-corrected chi connectivity index (χ4v) is 1.83.